The van der Waals surface area contributed by atoms with E-state index in [0.717, 1.165) is 12.0 Å². The van der Waals surface area contributed by atoms with Crippen LogP contribution >= 0.6 is 0 Å². The fourth-order valence-electron chi connectivity index (χ4n) is 5.79. The number of carbonyl (C=O) groups excluding carboxylic acids is 1. The molecule has 4 nitrogen and oxygen atoms in total. The van der Waals surface area contributed by atoms with Crippen molar-refractivity contribution < 1.29 is 19.4 Å². The standard InChI is InChI=1S/C25H34O4/c1-17-19(15-24(4)13-7-12-23(2,3)25(17,24)5)16-29-22(27)11-9-18-8-10-20(26)21(14-18)28-6/h8-11,14,19,26H,1,7,12-13,15-16H2,2-6H3/t19-,24+,25+/m0/s1. The lowest BCUT2D eigenvalue weighted by Gasteiger charge is -2.56. The second kappa shape index (κ2) is 7.55. The van der Waals surface area contributed by atoms with Crippen molar-refractivity contribution in [3.63, 3.8) is 0 Å². The Labute approximate surface area is 174 Å². The molecule has 3 atom stereocenters. The Kier molecular flexibility index (Phi) is 5.59. The van der Waals surface area contributed by atoms with E-state index in [2.05, 4.69) is 34.3 Å². The number of benzene rings is 1. The van der Waals surface area contributed by atoms with E-state index in [4.69, 9.17) is 9.47 Å². The molecule has 0 bridgehead atoms. The van der Waals surface area contributed by atoms with Crippen molar-refractivity contribution in [3.05, 3.63) is 42.0 Å². The van der Waals surface area contributed by atoms with E-state index in [1.54, 1.807) is 18.2 Å². The maximum atomic E-state index is 12.3. The van der Waals surface area contributed by atoms with Gasteiger partial charge in [-0.05, 0) is 59.3 Å². The molecule has 2 fully saturated rings. The van der Waals surface area contributed by atoms with E-state index in [9.17, 15) is 9.90 Å². The molecule has 2 aliphatic carbocycles. The normalized spacial score (nSPS) is 30.9. The van der Waals surface area contributed by atoms with Gasteiger partial charge in [0.05, 0.1) is 13.7 Å². The molecule has 1 aromatic rings. The van der Waals surface area contributed by atoms with Gasteiger partial charge in [0.1, 0.15) is 0 Å². The summed E-state index contributed by atoms with van der Waals surface area (Å²) in [6, 6.07) is 4.93. The lowest BCUT2D eigenvalue weighted by atomic mass is 9.48. The zero-order valence-electron chi connectivity index (χ0n) is 18.4. The fourth-order valence-corrected chi connectivity index (χ4v) is 5.79. The molecule has 1 N–H and O–H groups in total. The predicted molar refractivity (Wildman–Crippen MR) is 116 cm³/mol. The molecule has 158 valence electrons. The first kappa shape index (κ1) is 21.5. The Morgan fingerprint density at radius 1 is 1.28 bits per heavy atom. The Balaban J connectivity index is 1.65. The molecular weight excluding hydrogens is 364 g/mol. The third-order valence-electron chi connectivity index (χ3n) is 7.97. The van der Waals surface area contributed by atoms with Crippen LogP contribution in [0.2, 0.25) is 0 Å². The molecule has 0 amide bonds. The molecular formula is C25H34O4. The van der Waals surface area contributed by atoms with Crippen molar-refractivity contribution >= 4 is 12.0 Å². The maximum absolute atomic E-state index is 12.3. The maximum Gasteiger partial charge on any atom is 0.330 e. The number of hydrogen-bond acceptors (Lipinski definition) is 4. The fraction of sp³-hybridized carbons (Fsp3) is 0.560. The Morgan fingerprint density at radius 3 is 2.66 bits per heavy atom. The monoisotopic (exact) mass is 398 g/mol. The van der Waals surface area contributed by atoms with Gasteiger partial charge < -0.3 is 14.6 Å². The summed E-state index contributed by atoms with van der Waals surface area (Å²) < 4.78 is 10.7. The van der Waals surface area contributed by atoms with Crippen LogP contribution in [-0.2, 0) is 9.53 Å². The summed E-state index contributed by atoms with van der Waals surface area (Å²) >= 11 is 0. The van der Waals surface area contributed by atoms with Gasteiger partial charge in [-0.2, -0.15) is 0 Å². The lowest BCUT2D eigenvalue weighted by Crippen LogP contribution is -2.48. The van der Waals surface area contributed by atoms with Gasteiger partial charge in [-0.15, -0.1) is 0 Å². The second-order valence-corrected chi connectivity index (χ2v) is 9.74. The molecule has 0 aliphatic heterocycles. The quantitative estimate of drug-likeness (QED) is 0.389. The summed E-state index contributed by atoms with van der Waals surface area (Å²) in [6.45, 7) is 14.3. The number of phenolic OH excluding ortho intramolecular Hbond substituents is 1. The average molecular weight is 399 g/mol. The molecule has 0 spiro atoms. The van der Waals surface area contributed by atoms with Crippen molar-refractivity contribution in [2.45, 2.75) is 53.4 Å². The number of carbonyl (C=O) groups is 1. The first-order chi connectivity index (χ1) is 13.5. The van der Waals surface area contributed by atoms with Crippen LogP contribution in [0.4, 0.5) is 0 Å². The summed E-state index contributed by atoms with van der Waals surface area (Å²) in [5, 5.41) is 9.66. The first-order valence-electron chi connectivity index (χ1n) is 10.5. The number of rotatable bonds is 5. The Bertz CT molecular complexity index is 837. The van der Waals surface area contributed by atoms with Gasteiger partial charge in [-0.1, -0.05) is 52.3 Å². The number of hydrogen-bond donors (Lipinski definition) is 1. The molecule has 0 heterocycles. The van der Waals surface area contributed by atoms with Gasteiger partial charge in [0, 0.05) is 12.0 Å². The van der Waals surface area contributed by atoms with Crippen molar-refractivity contribution in [1.29, 1.82) is 0 Å². The highest BCUT2D eigenvalue weighted by Crippen LogP contribution is 2.70. The largest absolute Gasteiger partial charge is 0.504 e. The van der Waals surface area contributed by atoms with Gasteiger partial charge in [0.15, 0.2) is 11.5 Å². The van der Waals surface area contributed by atoms with E-state index in [1.165, 1.54) is 44.1 Å². The first-order valence-corrected chi connectivity index (χ1v) is 10.5. The SMILES string of the molecule is C=C1[C@H](COC(=O)C=Cc2ccc(O)c(OC)c2)C[C@@]2(C)CCCC(C)(C)[C@@]12C. The minimum atomic E-state index is -0.366. The van der Waals surface area contributed by atoms with Crippen molar-refractivity contribution in [1.82, 2.24) is 0 Å². The molecule has 2 saturated carbocycles. The number of methoxy groups -OCH3 is 1. The van der Waals surface area contributed by atoms with Crippen molar-refractivity contribution in [2.24, 2.45) is 22.2 Å². The zero-order chi connectivity index (χ0) is 21.4. The highest BCUT2D eigenvalue weighted by molar-refractivity contribution is 5.87. The summed E-state index contributed by atoms with van der Waals surface area (Å²) in [5.74, 6) is 0.274. The van der Waals surface area contributed by atoms with E-state index >= 15 is 0 Å². The summed E-state index contributed by atoms with van der Waals surface area (Å²) in [6.07, 6.45) is 7.78. The number of esters is 1. The van der Waals surface area contributed by atoms with Crippen LogP contribution in [0.5, 0.6) is 11.5 Å². The van der Waals surface area contributed by atoms with E-state index in [0.29, 0.717) is 12.4 Å². The third kappa shape index (κ3) is 3.58. The smallest absolute Gasteiger partial charge is 0.330 e. The van der Waals surface area contributed by atoms with Crippen LogP contribution in [0.15, 0.2) is 36.4 Å². The number of phenols is 1. The highest BCUT2D eigenvalue weighted by atomic mass is 16.5. The second-order valence-electron chi connectivity index (χ2n) is 9.74. The number of fused-ring (bicyclic) bond motifs is 1. The van der Waals surface area contributed by atoms with Crippen LogP contribution in [0, 0.1) is 22.2 Å². The molecule has 3 rings (SSSR count). The predicted octanol–water partition coefficient (Wildman–Crippen LogP) is 5.76. The van der Waals surface area contributed by atoms with E-state index in [1.807, 2.05) is 0 Å². The van der Waals surface area contributed by atoms with Gasteiger partial charge in [0.25, 0.3) is 0 Å². The van der Waals surface area contributed by atoms with Crippen LogP contribution < -0.4 is 4.74 Å². The van der Waals surface area contributed by atoms with E-state index < -0.39 is 0 Å². The lowest BCUT2D eigenvalue weighted by molar-refractivity contribution is -0.138. The topological polar surface area (TPSA) is 55.8 Å². The van der Waals surface area contributed by atoms with Gasteiger partial charge in [-0.25, -0.2) is 4.79 Å². The van der Waals surface area contributed by atoms with Crippen molar-refractivity contribution in [3.8, 4) is 11.5 Å². The summed E-state index contributed by atoms with van der Waals surface area (Å²) in [4.78, 5) is 12.3. The highest BCUT2D eigenvalue weighted by Gasteiger charge is 2.62. The van der Waals surface area contributed by atoms with Crippen LogP contribution in [0.25, 0.3) is 6.08 Å². The number of aromatic hydroxyl groups is 1. The van der Waals surface area contributed by atoms with Crippen LogP contribution in [0.1, 0.15) is 58.9 Å². The third-order valence-corrected chi connectivity index (χ3v) is 7.97. The summed E-state index contributed by atoms with van der Waals surface area (Å²) in [7, 11) is 1.49. The Hall–Kier alpha value is -2.23. The minimum Gasteiger partial charge on any atom is -0.504 e. The van der Waals surface area contributed by atoms with Gasteiger partial charge in [-0.3, -0.25) is 0 Å². The van der Waals surface area contributed by atoms with Crippen LogP contribution in [-0.4, -0.2) is 24.8 Å². The molecule has 29 heavy (non-hydrogen) atoms. The molecule has 4 heteroatoms. The van der Waals surface area contributed by atoms with E-state index in [-0.39, 0.29) is 33.9 Å². The zero-order valence-corrected chi connectivity index (χ0v) is 18.4. The van der Waals surface area contributed by atoms with Crippen molar-refractivity contribution in [2.75, 3.05) is 13.7 Å². The van der Waals surface area contributed by atoms with Gasteiger partial charge >= 0.3 is 5.97 Å². The number of ether oxygens (including phenoxy) is 2. The minimum absolute atomic E-state index is 0.0633. The molecule has 1 aromatic carbocycles. The average Bonchev–Trinajstić information content (AvgIpc) is 2.88. The molecule has 0 saturated heterocycles. The molecule has 2 aliphatic rings. The van der Waals surface area contributed by atoms with Crippen LogP contribution in [0.3, 0.4) is 0 Å². The molecule has 0 aromatic heterocycles. The van der Waals surface area contributed by atoms with Gasteiger partial charge in [0.2, 0.25) is 0 Å². The molecule has 0 radical (unpaired) electrons. The summed E-state index contributed by atoms with van der Waals surface area (Å²) in [5.41, 5.74) is 2.47. The molecule has 0 unspecified atom stereocenters. The Morgan fingerprint density at radius 2 is 2.00 bits per heavy atom.